The van der Waals surface area contributed by atoms with Crippen molar-refractivity contribution >= 4 is 31.8 Å². The summed E-state index contributed by atoms with van der Waals surface area (Å²) >= 11 is 3.25. The van der Waals surface area contributed by atoms with Crippen molar-refractivity contribution in [1.82, 2.24) is 9.29 Å². The molecule has 21 heavy (non-hydrogen) atoms. The SMILES string of the molecule is CNc1ncc(Br)cc1S(=O)(=O)N(CCC#N)CC(C)C. The summed E-state index contributed by atoms with van der Waals surface area (Å²) in [5.74, 6) is 0.459. The van der Waals surface area contributed by atoms with E-state index in [4.69, 9.17) is 5.26 Å². The molecular formula is C13H19BrN4O2S. The molecule has 0 fully saturated rings. The fourth-order valence-electron chi connectivity index (χ4n) is 1.84. The zero-order valence-corrected chi connectivity index (χ0v) is 14.7. The van der Waals surface area contributed by atoms with Gasteiger partial charge in [0.2, 0.25) is 10.0 Å². The molecule has 0 atom stereocenters. The smallest absolute Gasteiger partial charge is 0.246 e. The first-order valence-electron chi connectivity index (χ1n) is 6.53. The van der Waals surface area contributed by atoms with Crippen LogP contribution in [-0.2, 0) is 10.0 Å². The lowest BCUT2D eigenvalue weighted by molar-refractivity contribution is 0.373. The molecule has 1 rings (SSSR count). The summed E-state index contributed by atoms with van der Waals surface area (Å²) < 4.78 is 27.6. The Morgan fingerprint density at radius 1 is 1.52 bits per heavy atom. The molecule has 0 saturated carbocycles. The quantitative estimate of drug-likeness (QED) is 0.791. The van der Waals surface area contributed by atoms with E-state index in [1.807, 2.05) is 19.9 Å². The van der Waals surface area contributed by atoms with Crippen LogP contribution in [0.1, 0.15) is 20.3 Å². The summed E-state index contributed by atoms with van der Waals surface area (Å²) in [6.07, 6.45) is 1.69. The molecule has 6 nitrogen and oxygen atoms in total. The van der Waals surface area contributed by atoms with Crippen LogP contribution in [0.3, 0.4) is 0 Å². The molecule has 0 spiro atoms. The summed E-state index contributed by atoms with van der Waals surface area (Å²) in [5, 5.41) is 11.5. The Hall–Kier alpha value is -1.17. The molecule has 0 bridgehead atoms. The fourth-order valence-corrected chi connectivity index (χ4v) is 4.10. The second-order valence-corrected chi connectivity index (χ2v) is 7.74. The van der Waals surface area contributed by atoms with Crippen LogP contribution in [0.15, 0.2) is 21.6 Å². The third-order valence-electron chi connectivity index (χ3n) is 2.72. The maximum atomic E-state index is 12.8. The number of nitrogens with one attached hydrogen (secondary N) is 1. The van der Waals surface area contributed by atoms with Crippen LogP contribution in [0.5, 0.6) is 0 Å². The standard InChI is InChI=1S/C13H19BrN4O2S/c1-10(2)9-18(6-4-5-15)21(19,20)12-7-11(14)8-17-13(12)16-3/h7-8,10H,4,6,9H2,1-3H3,(H,16,17). The Kier molecular flexibility index (Phi) is 6.58. The number of nitriles is 1. The summed E-state index contributed by atoms with van der Waals surface area (Å²) in [5.41, 5.74) is 0. The number of hydrogen-bond acceptors (Lipinski definition) is 5. The highest BCUT2D eigenvalue weighted by Gasteiger charge is 2.28. The topological polar surface area (TPSA) is 86.1 Å². The van der Waals surface area contributed by atoms with Gasteiger partial charge < -0.3 is 5.32 Å². The van der Waals surface area contributed by atoms with Crippen molar-refractivity contribution in [2.45, 2.75) is 25.2 Å². The van der Waals surface area contributed by atoms with Crippen molar-refractivity contribution in [3.8, 4) is 6.07 Å². The first kappa shape index (κ1) is 17.9. The zero-order chi connectivity index (χ0) is 16.0. The number of rotatable bonds is 7. The van der Waals surface area contributed by atoms with E-state index in [0.29, 0.717) is 16.8 Å². The molecule has 0 amide bonds. The van der Waals surface area contributed by atoms with Crippen molar-refractivity contribution in [2.24, 2.45) is 5.92 Å². The molecule has 1 N–H and O–H groups in total. The van der Waals surface area contributed by atoms with E-state index < -0.39 is 10.0 Å². The Labute approximate surface area is 134 Å². The van der Waals surface area contributed by atoms with E-state index in [1.54, 1.807) is 7.05 Å². The highest BCUT2D eigenvalue weighted by molar-refractivity contribution is 9.10. The van der Waals surface area contributed by atoms with Crippen LogP contribution in [0.25, 0.3) is 0 Å². The van der Waals surface area contributed by atoms with Gasteiger partial charge in [-0.15, -0.1) is 0 Å². The molecular weight excluding hydrogens is 356 g/mol. The summed E-state index contributed by atoms with van der Waals surface area (Å²) in [6, 6.07) is 3.51. The minimum absolute atomic E-state index is 0.109. The van der Waals surface area contributed by atoms with Crippen LogP contribution in [-0.4, -0.2) is 37.8 Å². The van der Waals surface area contributed by atoms with Crippen LogP contribution >= 0.6 is 15.9 Å². The first-order valence-corrected chi connectivity index (χ1v) is 8.76. The van der Waals surface area contributed by atoms with Crippen molar-refractivity contribution in [3.63, 3.8) is 0 Å². The van der Waals surface area contributed by atoms with Crippen molar-refractivity contribution in [3.05, 3.63) is 16.7 Å². The minimum atomic E-state index is -3.71. The number of pyridine rings is 1. The predicted octanol–water partition coefficient (Wildman–Crippen LogP) is 2.45. The maximum absolute atomic E-state index is 12.8. The summed E-state index contributed by atoms with van der Waals surface area (Å²) in [4.78, 5) is 4.19. The average Bonchev–Trinajstić information content (AvgIpc) is 2.42. The van der Waals surface area contributed by atoms with Gasteiger partial charge in [-0.3, -0.25) is 0 Å². The number of aromatic nitrogens is 1. The van der Waals surface area contributed by atoms with E-state index in [0.717, 1.165) is 0 Å². The highest BCUT2D eigenvalue weighted by atomic mass is 79.9. The van der Waals surface area contributed by atoms with Gasteiger partial charge in [0.15, 0.2) is 0 Å². The van der Waals surface area contributed by atoms with E-state index in [2.05, 4.69) is 26.2 Å². The average molecular weight is 375 g/mol. The third kappa shape index (κ3) is 4.66. The third-order valence-corrected chi connectivity index (χ3v) is 5.03. The lowest BCUT2D eigenvalue weighted by Crippen LogP contribution is -2.35. The molecule has 0 aromatic carbocycles. The zero-order valence-electron chi connectivity index (χ0n) is 12.3. The van der Waals surface area contributed by atoms with Crippen LogP contribution in [0.4, 0.5) is 5.82 Å². The molecule has 1 heterocycles. The number of anilines is 1. The number of sulfonamides is 1. The molecule has 0 radical (unpaired) electrons. The molecule has 1 aromatic heterocycles. The van der Waals surface area contributed by atoms with E-state index in [1.165, 1.54) is 16.6 Å². The Morgan fingerprint density at radius 3 is 2.71 bits per heavy atom. The van der Waals surface area contributed by atoms with E-state index >= 15 is 0 Å². The molecule has 8 heteroatoms. The van der Waals surface area contributed by atoms with Gasteiger partial charge in [0.05, 0.1) is 6.07 Å². The lowest BCUT2D eigenvalue weighted by Gasteiger charge is -2.24. The van der Waals surface area contributed by atoms with Crippen molar-refractivity contribution in [1.29, 1.82) is 5.26 Å². The second kappa shape index (κ2) is 7.73. The van der Waals surface area contributed by atoms with Gasteiger partial charge in [0, 0.05) is 37.2 Å². The van der Waals surface area contributed by atoms with Crippen LogP contribution < -0.4 is 5.32 Å². The monoisotopic (exact) mass is 374 g/mol. The van der Waals surface area contributed by atoms with E-state index in [-0.39, 0.29) is 23.8 Å². The molecule has 0 unspecified atom stereocenters. The van der Waals surface area contributed by atoms with Gasteiger partial charge in [-0.2, -0.15) is 9.57 Å². The van der Waals surface area contributed by atoms with Gasteiger partial charge in [-0.1, -0.05) is 13.8 Å². The predicted molar refractivity (Wildman–Crippen MR) is 85.3 cm³/mol. The van der Waals surface area contributed by atoms with Crippen molar-refractivity contribution < 1.29 is 8.42 Å². The molecule has 1 aromatic rings. The summed E-state index contributed by atoms with van der Waals surface area (Å²) in [7, 11) is -2.08. The fraction of sp³-hybridized carbons (Fsp3) is 0.538. The van der Waals surface area contributed by atoms with Gasteiger partial charge in [-0.05, 0) is 27.9 Å². The lowest BCUT2D eigenvalue weighted by atomic mass is 10.2. The minimum Gasteiger partial charge on any atom is -0.372 e. The Bertz CT molecular complexity index is 626. The number of halogens is 1. The Balaban J connectivity index is 3.28. The normalized spacial score (nSPS) is 11.7. The number of nitrogens with zero attached hydrogens (tertiary/aromatic N) is 3. The van der Waals surface area contributed by atoms with Gasteiger partial charge in [0.25, 0.3) is 0 Å². The summed E-state index contributed by atoms with van der Waals surface area (Å²) in [6.45, 7) is 4.41. The van der Waals surface area contributed by atoms with Gasteiger partial charge in [-0.25, -0.2) is 13.4 Å². The first-order chi connectivity index (χ1) is 9.82. The van der Waals surface area contributed by atoms with E-state index in [9.17, 15) is 8.42 Å². The largest absolute Gasteiger partial charge is 0.372 e. The Morgan fingerprint density at radius 2 is 2.19 bits per heavy atom. The van der Waals surface area contributed by atoms with Crippen LogP contribution in [0.2, 0.25) is 0 Å². The highest BCUT2D eigenvalue weighted by Crippen LogP contribution is 2.26. The molecule has 0 saturated heterocycles. The number of hydrogen-bond donors (Lipinski definition) is 1. The maximum Gasteiger partial charge on any atom is 0.246 e. The molecule has 0 aliphatic heterocycles. The molecule has 0 aliphatic carbocycles. The second-order valence-electron chi connectivity index (χ2n) is 4.92. The molecule has 0 aliphatic rings. The van der Waals surface area contributed by atoms with Crippen molar-refractivity contribution in [2.75, 3.05) is 25.5 Å². The van der Waals surface area contributed by atoms with Gasteiger partial charge in [0.1, 0.15) is 10.7 Å². The van der Waals surface area contributed by atoms with Crippen LogP contribution in [0, 0.1) is 17.2 Å². The molecule has 116 valence electrons. The van der Waals surface area contributed by atoms with Gasteiger partial charge >= 0.3 is 0 Å².